The highest BCUT2D eigenvalue weighted by molar-refractivity contribution is 7.92. The molecular formula is C25H27N3O4S2. The quantitative estimate of drug-likeness (QED) is 0.485. The van der Waals surface area contributed by atoms with Gasteiger partial charge in [0.1, 0.15) is 16.5 Å². The van der Waals surface area contributed by atoms with Gasteiger partial charge >= 0.3 is 0 Å². The Morgan fingerprint density at radius 1 is 1.03 bits per heavy atom. The largest absolute Gasteiger partial charge is 0.491 e. The van der Waals surface area contributed by atoms with E-state index in [-0.39, 0.29) is 25.1 Å². The third-order valence-corrected chi connectivity index (χ3v) is 7.77. The highest BCUT2D eigenvalue weighted by Gasteiger charge is 2.28. The van der Waals surface area contributed by atoms with Crippen molar-refractivity contribution in [3.63, 3.8) is 0 Å². The number of carbonyl (C=O) groups excluding carboxylic acids is 1. The second-order valence-electron chi connectivity index (χ2n) is 8.18. The van der Waals surface area contributed by atoms with E-state index in [0.29, 0.717) is 18.8 Å². The smallest absolute Gasteiger partial charge is 0.273 e. The summed E-state index contributed by atoms with van der Waals surface area (Å²) in [6, 6.07) is 16.9. The number of aromatic nitrogens is 1. The van der Waals surface area contributed by atoms with Crippen molar-refractivity contribution in [3.8, 4) is 16.3 Å². The summed E-state index contributed by atoms with van der Waals surface area (Å²) in [6.45, 7) is 5.10. The van der Waals surface area contributed by atoms with Crippen LogP contribution in [0.15, 0.2) is 65.4 Å². The van der Waals surface area contributed by atoms with Crippen LogP contribution in [0.3, 0.4) is 0 Å². The van der Waals surface area contributed by atoms with Gasteiger partial charge in [0.05, 0.1) is 6.10 Å². The highest BCUT2D eigenvalue weighted by atomic mass is 32.2. The molecule has 0 aliphatic carbocycles. The molecule has 2 heterocycles. The van der Waals surface area contributed by atoms with Gasteiger partial charge in [-0.25, -0.2) is 13.4 Å². The topological polar surface area (TPSA) is 79.8 Å². The lowest BCUT2D eigenvalue weighted by Crippen LogP contribution is -2.50. The average Bonchev–Trinajstić information content (AvgIpc) is 3.34. The van der Waals surface area contributed by atoms with Crippen LogP contribution < -0.4 is 4.74 Å². The zero-order valence-corrected chi connectivity index (χ0v) is 20.8. The number of sulfonamides is 1. The van der Waals surface area contributed by atoms with E-state index < -0.39 is 10.0 Å². The Morgan fingerprint density at radius 3 is 2.35 bits per heavy atom. The van der Waals surface area contributed by atoms with Gasteiger partial charge in [-0.3, -0.25) is 4.79 Å². The first-order valence-electron chi connectivity index (χ1n) is 11.1. The van der Waals surface area contributed by atoms with Crippen LogP contribution in [0, 0.1) is 0 Å². The molecule has 0 radical (unpaired) electrons. The maximum absolute atomic E-state index is 13.0. The lowest BCUT2D eigenvalue weighted by atomic mass is 10.2. The molecule has 4 rings (SSSR count). The molecular weight excluding hydrogens is 470 g/mol. The predicted octanol–water partition coefficient (Wildman–Crippen LogP) is 4.36. The molecule has 1 aliphatic heterocycles. The lowest BCUT2D eigenvalue weighted by molar-refractivity contribution is 0.0693. The van der Waals surface area contributed by atoms with Crippen LogP contribution in [-0.2, 0) is 10.0 Å². The molecule has 34 heavy (non-hydrogen) atoms. The Kier molecular flexibility index (Phi) is 7.45. The standard InChI is InChI=1S/C25H27N3O4S2/c1-19(2)32-22-10-8-21(9-11-22)24-26-23(18-33-24)25(29)27-13-15-28(16-14-27)34(30,31)17-12-20-6-4-3-5-7-20/h3-12,17-19H,13-16H2,1-2H3/b17-12+. The van der Waals surface area contributed by atoms with Crippen molar-refractivity contribution in [2.24, 2.45) is 0 Å². The fraction of sp³-hybridized carbons (Fsp3) is 0.280. The van der Waals surface area contributed by atoms with Gasteiger partial charge in [0.15, 0.2) is 0 Å². The van der Waals surface area contributed by atoms with Gasteiger partial charge < -0.3 is 9.64 Å². The SMILES string of the molecule is CC(C)Oc1ccc(-c2nc(C(=O)N3CCN(S(=O)(=O)/C=C/c4ccccc4)CC3)cs2)cc1. The van der Waals surface area contributed by atoms with Crippen LogP contribution in [0.1, 0.15) is 29.9 Å². The van der Waals surface area contributed by atoms with Gasteiger partial charge in [-0.1, -0.05) is 30.3 Å². The number of hydrogen-bond acceptors (Lipinski definition) is 6. The molecule has 0 spiro atoms. The van der Waals surface area contributed by atoms with E-state index in [2.05, 4.69) is 4.98 Å². The van der Waals surface area contributed by atoms with Crippen LogP contribution in [0.2, 0.25) is 0 Å². The van der Waals surface area contributed by atoms with E-state index in [0.717, 1.165) is 21.9 Å². The Hall–Kier alpha value is -3.01. The van der Waals surface area contributed by atoms with Crippen LogP contribution in [0.4, 0.5) is 0 Å². The molecule has 1 fully saturated rings. The van der Waals surface area contributed by atoms with E-state index in [9.17, 15) is 13.2 Å². The van der Waals surface area contributed by atoms with Crippen molar-refractivity contribution in [3.05, 3.63) is 76.6 Å². The summed E-state index contributed by atoms with van der Waals surface area (Å²) in [5, 5.41) is 3.73. The summed E-state index contributed by atoms with van der Waals surface area (Å²) in [6.07, 6.45) is 1.69. The maximum atomic E-state index is 13.0. The van der Waals surface area contributed by atoms with Crippen LogP contribution >= 0.6 is 11.3 Å². The highest BCUT2D eigenvalue weighted by Crippen LogP contribution is 2.27. The third-order valence-electron chi connectivity index (χ3n) is 5.31. The van der Waals surface area contributed by atoms with Crippen molar-refractivity contribution in [2.45, 2.75) is 20.0 Å². The second kappa shape index (κ2) is 10.5. The van der Waals surface area contributed by atoms with Gasteiger partial charge in [-0.15, -0.1) is 11.3 Å². The van der Waals surface area contributed by atoms with E-state index in [1.54, 1.807) is 16.4 Å². The average molecular weight is 498 g/mol. The van der Waals surface area contributed by atoms with Gasteiger partial charge in [0.2, 0.25) is 10.0 Å². The number of carbonyl (C=O) groups is 1. The lowest BCUT2D eigenvalue weighted by Gasteiger charge is -2.33. The maximum Gasteiger partial charge on any atom is 0.273 e. The summed E-state index contributed by atoms with van der Waals surface area (Å²) in [7, 11) is -3.55. The number of piperazine rings is 1. The van der Waals surface area contributed by atoms with Crippen molar-refractivity contribution < 1.29 is 17.9 Å². The molecule has 3 aromatic rings. The monoisotopic (exact) mass is 497 g/mol. The summed E-state index contributed by atoms with van der Waals surface area (Å²) >= 11 is 1.41. The Bertz CT molecular complexity index is 1240. The van der Waals surface area contributed by atoms with Crippen LogP contribution in [-0.4, -0.2) is 60.8 Å². The van der Waals surface area contributed by atoms with Gasteiger partial charge in [-0.05, 0) is 49.8 Å². The van der Waals surface area contributed by atoms with Crippen molar-refractivity contribution >= 4 is 33.3 Å². The molecule has 1 aromatic heterocycles. The van der Waals surface area contributed by atoms with Crippen molar-refractivity contribution in [1.29, 1.82) is 0 Å². The Morgan fingerprint density at radius 2 is 1.71 bits per heavy atom. The minimum atomic E-state index is -3.55. The number of nitrogens with zero attached hydrogens (tertiary/aromatic N) is 3. The van der Waals surface area contributed by atoms with E-state index >= 15 is 0 Å². The first-order valence-corrected chi connectivity index (χ1v) is 13.5. The Balaban J connectivity index is 1.36. The summed E-state index contributed by atoms with van der Waals surface area (Å²) in [4.78, 5) is 19.1. The van der Waals surface area contributed by atoms with E-state index in [4.69, 9.17) is 4.74 Å². The molecule has 178 valence electrons. The first-order chi connectivity index (χ1) is 16.3. The molecule has 0 N–H and O–H groups in total. The molecule has 1 amide bonds. The van der Waals surface area contributed by atoms with Gasteiger partial charge in [-0.2, -0.15) is 4.31 Å². The number of ether oxygens (including phenoxy) is 1. The molecule has 9 heteroatoms. The number of hydrogen-bond donors (Lipinski definition) is 0. The van der Waals surface area contributed by atoms with E-state index in [1.165, 1.54) is 21.1 Å². The third kappa shape index (κ3) is 5.91. The minimum Gasteiger partial charge on any atom is -0.491 e. The van der Waals surface area contributed by atoms with Gasteiger partial charge in [0.25, 0.3) is 5.91 Å². The summed E-state index contributed by atoms with van der Waals surface area (Å²) < 4.78 is 32.4. The molecule has 0 atom stereocenters. The number of thiazole rings is 1. The predicted molar refractivity (Wildman–Crippen MR) is 135 cm³/mol. The molecule has 0 bridgehead atoms. The molecule has 1 saturated heterocycles. The van der Waals surface area contributed by atoms with Gasteiger partial charge in [0, 0.05) is 42.5 Å². The molecule has 1 aliphatic rings. The number of amides is 1. The number of benzene rings is 2. The number of rotatable bonds is 7. The minimum absolute atomic E-state index is 0.102. The zero-order chi connectivity index (χ0) is 24.1. The fourth-order valence-electron chi connectivity index (χ4n) is 3.58. The van der Waals surface area contributed by atoms with Crippen molar-refractivity contribution in [2.75, 3.05) is 26.2 Å². The van der Waals surface area contributed by atoms with E-state index in [1.807, 2.05) is 68.4 Å². The molecule has 0 unspecified atom stereocenters. The summed E-state index contributed by atoms with van der Waals surface area (Å²) in [5.41, 5.74) is 2.12. The summed E-state index contributed by atoms with van der Waals surface area (Å²) in [5.74, 6) is 0.608. The van der Waals surface area contributed by atoms with Crippen molar-refractivity contribution in [1.82, 2.24) is 14.2 Å². The van der Waals surface area contributed by atoms with Crippen LogP contribution in [0.5, 0.6) is 5.75 Å². The zero-order valence-electron chi connectivity index (χ0n) is 19.1. The fourth-order valence-corrected chi connectivity index (χ4v) is 5.55. The second-order valence-corrected chi connectivity index (χ2v) is 10.9. The molecule has 0 saturated carbocycles. The first kappa shape index (κ1) is 24.1. The normalized spacial score (nSPS) is 15.2. The molecule has 2 aromatic carbocycles. The Labute approximate surface area is 204 Å². The van der Waals surface area contributed by atoms with Crippen LogP contribution in [0.25, 0.3) is 16.6 Å². The molecule has 7 nitrogen and oxygen atoms in total.